The number of carbonyl (C=O) groups excluding carboxylic acids is 1. The number of hydrogen-bond acceptors (Lipinski definition) is 5. The quantitative estimate of drug-likeness (QED) is 0.471. The number of nitro benzene ring substituents is 1. The van der Waals surface area contributed by atoms with E-state index >= 15 is 0 Å². The van der Waals surface area contributed by atoms with Gasteiger partial charge in [0.15, 0.2) is 12.0 Å². The van der Waals surface area contributed by atoms with E-state index in [1.54, 1.807) is 19.1 Å². The maximum atomic E-state index is 11.0. The van der Waals surface area contributed by atoms with Crippen LogP contribution in [-0.4, -0.2) is 11.2 Å². The summed E-state index contributed by atoms with van der Waals surface area (Å²) in [6.45, 7) is 1.73. The summed E-state index contributed by atoms with van der Waals surface area (Å²) in [5.41, 5.74) is 0.507. The lowest BCUT2D eigenvalue weighted by Crippen LogP contribution is -2.00. The first-order chi connectivity index (χ1) is 9.51. The minimum atomic E-state index is -0.508. The van der Waals surface area contributed by atoms with E-state index in [0.29, 0.717) is 22.1 Å². The van der Waals surface area contributed by atoms with Crippen LogP contribution in [0, 0.1) is 17.0 Å². The van der Waals surface area contributed by atoms with Crippen molar-refractivity contribution in [1.82, 2.24) is 0 Å². The fourth-order valence-corrected chi connectivity index (χ4v) is 2.27. The number of furan rings is 1. The lowest BCUT2D eigenvalue weighted by atomic mass is 10.2. The second-order valence-corrected chi connectivity index (χ2v) is 4.95. The summed E-state index contributed by atoms with van der Waals surface area (Å²) in [6.07, 6.45) is 0.580. The Hall–Kier alpha value is -2.15. The molecule has 2 rings (SSSR count). The van der Waals surface area contributed by atoms with Crippen molar-refractivity contribution in [2.24, 2.45) is 0 Å². The van der Waals surface area contributed by atoms with Gasteiger partial charge in [0.25, 0.3) is 0 Å². The summed E-state index contributed by atoms with van der Waals surface area (Å²) in [7, 11) is 0. The van der Waals surface area contributed by atoms with Crippen molar-refractivity contribution in [1.29, 1.82) is 0 Å². The van der Waals surface area contributed by atoms with E-state index in [1.165, 1.54) is 12.1 Å². The monoisotopic (exact) mass is 339 g/mol. The smallest absolute Gasteiger partial charge is 0.312 e. The molecule has 104 valence electrons. The number of ether oxygens (including phenoxy) is 1. The van der Waals surface area contributed by atoms with Crippen LogP contribution in [0.1, 0.15) is 21.9 Å². The lowest BCUT2D eigenvalue weighted by molar-refractivity contribution is -0.386. The second kappa shape index (κ2) is 5.87. The van der Waals surface area contributed by atoms with Crippen LogP contribution in [0.25, 0.3) is 0 Å². The van der Waals surface area contributed by atoms with Crippen molar-refractivity contribution < 1.29 is 18.9 Å². The molecule has 0 unspecified atom stereocenters. The molecule has 0 saturated heterocycles. The van der Waals surface area contributed by atoms with Gasteiger partial charge in [0.1, 0.15) is 12.4 Å². The van der Waals surface area contributed by atoms with Gasteiger partial charge in [-0.1, -0.05) is 15.9 Å². The number of nitrogens with zero attached hydrogens (tertiary/aromatic N) is 1. The number of nitro groups is 1. The fourth-order valence-electron chi connectivity index (χ4n) is 1.71. The van der Waals surface area contributed by atoms with Gasteiger partial charge in [-0.05, 0) is 30.7 Å². The molecule has 6 nitrogen and oxygen atoms in total. The molecule has 0 spiro atoms. The number of carbonyl (C=O) groups is 1. The zero-order valence-electron chi connectivity index (χ0n) is 10.5. The SMILES string of the molecule is Cc1cc(Br)cc([N+](=O)[O-])c1OCc1ccc(C=O)o1. The third-order valence-corrected chi connectivity index (χ3v) is 3.03. The Bertz CT molecular complexity index is 665. The zero-order valence-corrected chi connectivity index (χ0v) is 12.0. The number of rotatable bonds is 5. The molecule has 0 fully saturated rings. The number of aryl methyl sites for hydroxylation is 1. The Balaban J connectivity index is 2.24. The minimum absolute atomic E-state index is 0.0111. The van der Waals surface area contributed by atoms with Crippen molar-refractivity contribution in [3.63, 3.8) is 0 Å². The normalized spacial score (nSPS) is 10.3. The van der Waals surface area contributed by atoms with Crippen LogP contribution in [-0.2, 0) is 6.61 Å². The average Bonchev–Trinajstić information content (AvgIpc) is 2.84. The largest absolute Gasteiger partial charge is 0.478 e. The molecule has 0 bridgehead atoms. The predicted molar refractivity (Wildman–Crippen MR) is 74.0 cm³/mol. The first-order valence-electron chi connectivity index (χ1n) is 5.62. The first-order valence-corrected chi connectivity index (χ1v) is 6.42. The van der Waals surface area contributed by atoms with Crippen molar-refractivity contribution in [2.75, 3.05) is 0 Å². The van der Waals surface area contributed by atoms with Crippen molar-refractivity contribution in [3.8, 4) is 5.75 Å². The molecule has 2 aromatic rings. The lowest BCUT2D eigenvalue weighted by Gasteiger charge is -2.08. The molecule has 1 heterocycles. The molecular formula is C13H10BrNO5. The number of halogens is 1. The molecule has 0 saturated carbocycles. The Morgan fingerprint density at radius 3 is 2.80 bits per heavy atom. The van der Waals surface area contributed by atoms with Crippen molar-refractivity contribution in [3.05, 3.63) is 55.9 Å². The van der Waals surface area contributed by atoms with Gasteiger partial charge in [0.2, 0.25) is 5.75 Å². The van der Waals surface area contributed by atoms with Crippen molar-refractivity contribution >= 4 is 27.9 Å². The average molecular weight is 340 g/mol. The van der Waals surface area contributed by atoms with Crippen LogP contribution < -0.4 is 4.74 Å². The van der Waals surface area contributed by atoms with Crippen LogP contribution in [0.3, 0.4) is 0 Å². The van der Waals surface area contributed by atoms with Crippen LogP contribution >= 0.6 is 15.9 Å². The molecule has 1 aromatic carbocycles. The van der Waals surface area contributed by atoms with Gasteiger partial charge in [-0.15, -0.1) is 0 Å². The fraction of sp³-hybridized carbons (Fsp3) is 0.154. The molecular weight excluding hydrogens is 330 g/mol. The maximum absolute atomic E-state index is 11.0. The summed E-state index contributed by atoms with van der Waals surface area (Å²) < 4.78 is 11.2. The molecule has 7 heteroatoms. The van der Waals surface area contributed by atoms with Gasteiger partial charge in [-0.3, -0.25) is 14.9 Å². The van der Waals surface area contributed by atoms with Gasteiger partial charge in [0, 0.05) is 10.5 Å². The third-order valence-electron chi connectivity index (χ3n) is 2.57. The van der Waals surface area contributed by atoms with Gasteiger partial charge in [-0.25, -0.2) is 0 Å². The van der Waals surface area contributed by atoms with E-state index < -0.39 is 4.92 Å². The molecule has 0 atom stereocenters. The Labute approximate surface area is 122 Å². The summed E-state index contributed by atoms with van der Waals surface area (Å²) in [5, 5.41) is 11.0. The molecule has 20 heavy (non-hydrogen) atoms. The van der Waals surface area contributed by atoms with E-state index in [-0.39, 0.29) is 23.8 Å². The number of benzene rings is 1. The van der Waals surface area contributed by atoms with Gasteiger partial charge in [-0.2, -0.15) is 0 Å². The summed E-state index contributed by atoms with van der Waals surface area (Å²) in [6, 6.07) is 6.20. The van der Waals surface area contributed by atoms with Crippen LogP contribution in [0.2, 0.25) is 0 Å². The topological polar surface area (TPSA) is 82.6 Å². The molecule has 0 aliphatic heterocycles. The second-order valence-electron chi connectivity index (χ2n) is 4.04. The van der Waals surface area contributed by atoms with E-state index in [4.69, 9.17) is 9.15 Å². The van der Waals surface area contributed by atoms with Crippen molar-refractivity contribution in [2.45, 2.75) is 13.5 Å². The van der Waals surface area contributed by atoms with Crippen LogP contribution in [0.5, 0.6) is 5.75 Å². The van der Waals surface area contributed by atoms with E-state index in [2.05, 4.69) is 15.9 Å². The Morgan fingerprint density at radius 1 is 1.45 bits per heavy atom. The molecule has 0 aliphatic carbocycles. The summed E-state index contributed by atoms with van der Waals surface area (Å²) in [5.74, 6) is 0.789. The molecule has 0 radical (unpaired) electrons. The minimum Gasteiger partial charge on any atom is -0.478 e. The highest BCUT2D eigenvalue weighted by molar-refractivity contribution is 9.10. The van der Waals surface area contributed by atoms with Gasteiger partial charge < -0.3 is 9.15 Å². The van der Waals surface area contributed by atoms with Crippen LogP contribution in [0.15, 0.2) is 33.2 Å². The zero-order chi connectivity index (χ0) is 14.7. The molecule has 1 aromatic heterocycles. The molecule has 0 amide bonds. The number of aldehydes is 1. The Morgan fingerprint density at radius 2 is 2.20 bits per heavy atom. The summed E-state index contributed by atoms with van der Waals surface area (Å²) >= 11 is 3.21. The third kappa shape index (κ3) is 3.05. The maximum Gasteiger partial charge on any atom is 0.312 e. The highest BCUT2D eigenvalue weighted by atomic mass is 79.9. The van der Waals surface area contributed by atoms with E-state index in [9.17, 15) is 14.9 Å². The standard InChI is InChI=1S/C13H10BrNO5/c1-8-4-9(14)5-12(15(17)18)13(8)19-7-11-3-2-10(6-16)20-11/h2-6H,7H2,1H3. The predicted octanol–water partition coefficient (Wildman–Crippen LogP) is 3.65. The number of hydrogen-bond donors (Lipinski definition) is 0. The Kier molecular flexibility index (Phi) is 4.19. The molecule has 0 N–H and O–H groups in total. The van der Waals surface area contributed by atoms with Gasteiger partial charge >= 0.3 is 5.69 Å². The van der Waals surface area contributed by atoms with Gasteiger partial charge in [0.05, 0.1) is 4.92 Å². The molecule has 0 aliphatic rings. The highest BCUT2D eigenvalue weighted by Crippen LogP contribution is 2.34. The van der Waals surface area contributed by atoms with E-state index in [1.807, 2.05) is 0 Å². The summed E-state index contributed by atoms with van der Waals surface area (Å²) in [4.78, 5) is 21.0. The first kappa shape index (κ1) is 14.3. The highest BCUT2D eigenvalue weighted by Gasteiger charge is 2.19. The van der Waals surface area contributed by atoms with E-state index in [0.717, 1.165) is 0 Å². The van der Waals surface area contributed by atoms with Crippen LogP contribution in [0.4, 0.5) is 5.69 Å².